The third-order valence-corrected chi connectivity index (χ3v) is 4.84. The zero-order valence-corrected chi connectivity index (χ0v) is 12.1. The molecule has 0 saturated carbocycles. The molecule has 0 aliphatic carbocycles. The number of carbonyl (C=O) groups excluding carboxylic acids is 2. The Balaban J connectivity index is 1.77. The first kappa shape index (κ1) is 13.8. The van der Waals surface area contributed by atoms with Gasteiger partial charge in [-0.3, -0.25) is 14.5 Å². The van der Waals surface area contributed by atoms with Gasteiger partial charge < -0.3 is 15.0 Å². The molecule has 1 unspecified atom stereocenters. The number of nitrogens with zero attached hydrogens (tertiary/aromatic N) is 2. The molecule has 6 nitrogen and oxygen atoms in total. The summed E-state index contributed by atoms with van der Waals surface area (Å²) >= 11 is 0. The van der Waals surface area contributed by atoms with E-state index in [1.807, 2.05) is 4.90 Å². The quantitative estimate of drug-likeness (QED) is 0.764. The molecule has 0 spiro atoms. The van der Waals surface area contributed by atoms with Crippen LogP contribution < -0.4 is 5.32 Å². The summed E-state index contributed by atoms with van der Waals surface area (Å²) in [5.74, 6) is 0.181. The number of hydrogen-bond acceptors (Lipinski definition) is 4. The van der Waals surface area contributed by atoms with Crippen LogP contribution in [0, 0.1) is 0 Å². The molecule has 2 amide bonds. The molecule has 3 heterocycles. The van der Waals surface area contributed by atoms with E-state index in [2.05, 4.69) is 10.2 Å². The number of nitrogens with one attached hydrogen (secondary N) is 1. The lowest BCUT2D eigenvalue weighted by atomic mass is 9.92. The maximum atomic E-state index is 12.7. The molecule has 0 bridgehead atoms. The Labute approximate surface area is 119 Å². The molecule has 1 N–H and O–H groups in total. The number of ether oxygens (including phenoxy) is 1. The van der Waals surface area contributed by atoms with Gasteiger partial charge in [-0.15, -0.1) is 0 Å². The Hall–Kier alpha value is -1.14. The second-order valence-corrected chi connectivity index (χ2v) is 5.99. The van der Waals surface area contributed by atoms with Crippen molar-refractivity contribution in [2.75, 3.05) is 39.9 Å². The van der Waals surface area contributed by atoms with E-state index in [0.29, 0.717) is 13.2 Å². The van der Waals surface area contributed by atoms with E-state index < -0.39 is 5.54 Å². The largest absolute Gasteiger partial charge is 0.376 e. The summed E-state index contributed by atoms with van der Waals surface area (Å²) in [4.78, 5) is 29.0. The molecular formula is C14H23N3O3. The first-order valence-corrected chi connectivity index (χ1v) is 7.54. The predicted molar refractivity (Wildman–Crippen MR) is 73.2 cm³/mol. The van der Waals surface area contributed by atoms with E-state index in [-0.39, 0.29) is 17.9 Å². The number of hydrogen-bond donors (Lipinski definition) is 1. The van der Waals surface area contributed by atoms with Crippen LogP contribution in [0.1, 0.15) is 25.7 Å². The zero-order valence-electron chi connectivity index (χ0n) is 12.1. The zero-order chi connectivity index (χ0) is 14.2. The Kier molecular flexibility index (Phi) is 3.69. The topological polar surface area (TPSA) is 61.9 Å². The van der Waals surface area contributed by atoms with Crippen molar-refractivity contribution in [1.82, 2.24) is 15.1 Å². The summed E-state index contributed by atoms with van der Waals surface area (Å²) < 4.78 is 5.30. The van der Waals surface area contributed by atoms with Crippen molar-refractivity contribution in [1.29, 1.82) is 0 Å². The average Bonchev–Trinajstić information content (AvgIpc) is 3.08. The molecule has 3 aliphatic heterocycles. The van der Waals surface area contributed by atoms with E-state index in [0.717, 1.165) is 45.3 Å². The summed E-state index contributed by atoms with van der Waals surface area (Å²) in [6.45, 7) is 3.34. The van der Waals surface area contributed by atoms with Crippen molar-refractivity contribution < 1.29 is 14.3 Å². The maximum Gasteiger partial charge on any atom is 0.245 e. The third-order valence-electron chi connectivity index (χ3n) is 4.84. The highest BCUT2D eigenvalue weighted by Crippen LogP contribution is 2.34. The molecule has 3 rings (SSSR count). The fraction of sp³-hybridized carbons (Fsp3) is 0.857. The minimum absolute atomic E-state index is 0.0233. The van der Waals surface area contributed by atoms with Crippen LogP contribution in [-0.2, 0) is 14.3 Å². The molecule has 0 aromatic rings. The van der Waals surface area contributed by atoms with Crippen LogP contribution in [-0.4, -0.2) is 73.1 Å². The van der Waals surface area contributed by atoms with Gasteiger partial charge in [-0.05, 0) is 25.7 Å². The van der Waals surface area contributed by atoms with E-state index in [9.17, 15) is 9.59 Å². The third kappa shape index (κ3) is 2.02. The Morgan fingerprint density at radius 1 is 1.15 bits per heavy atom. The molecule has 20 heavy (non-hydrogen) atoms. The number of likely N-dealkylation sites (tertiary alicyclic amines) is 2. The van der Waals surface area contributed by atoms with Crippen molar-refractivity contribution in [3.05, 3.63) is 0 Å². The van der Waals surface area contributed by atoms with Crippen molar-refractivity contribution in [3.63, 3.8) is 0 Å². The molecule has 3 fully saturated rings. The molecule has 3 aliphatic rings. The van der Waals surface area contributed by atoms with Crippen LogP contribution in [0.15, 0.2) is 0 Å². The Morgan fingerprint density at radius 2 is 1.85 bits per heavy atom. The monoisotopic (exact) mass is 281 g/mol. The second-order valence-electron chi connectivity index (χ2n) is 5.99. The second kappa shape index (κ2) is 5.33. The molecule has 0 radical (unpaired) electrons. The summed E-state index contributed by atoms with van der Waals surface area (Å²) in [5.41, 5.74) is -0.620. The summed E-state index contributed by atoms with van der Waals surface area (Å²) in [7, 11) is 1.65. The van der Waals surface area contributed by atoms with Gasteiger partial charge in [0.25, 0.3) is 0 Å². The van der Waals surface area contributed by atoms with Crippen LogP contribution in [0.4, 0.5) is 0 Å². The van der Waals surface area contributed by atoms with Gasteiger partial charge in [-0.25, -0.2) is 0 Å². The molecular weight excluding hydrogens is 258 g/mol. The number of amides is 2. The number of likely N-dealkylation sites (N-methyl/N-ethyl adjacent to an activating group) is 1. The Morgan fingerprint density at radius 3 is 2.40 bits per heavy atom. The van der Waals surface area contributed by atoms with E-state index >= 15 is 0 Å². The van der Waals surface area contributed by atoms with E-state index in [4.69, 9.17) is 4.74 Å². The number of rotatable bonds is 3. The first-order chi connectivity index (χ1) is 9.69. The van der Waals surface area contributed by atoms with Crippen LogP contribution >= 0.6 is 0 Å². The Bertz CT molecular complexity index is 402. The van der Waals surface area contributed by atoms with Gasteiger partial charge in [0, 0.05) is 26.7 Å². The molecule has 112 valence electrons. The van der Waals surface area contributed by atoms with Crippen molar-refractivity contribution >= 4 is 11.8 Å². The van der Waals surface area contributed by atoms with E-state index in [1.165, 1.54) is 0 Å². The normalized spacial score (nSPS) is 29.2. The van der Waals surface area contributed by atoms with Crippen molar-refractivity contribution in [3.8, 4) is 0 Å². The highest BCUT2D eigenvalue weighted by Gasteiger charge is 2.55. The summed E-state index contributed by atoms with van der Waals surface area (Å²) in [5, 5.41) is 2.73. The lowest BCUT2D eigenvalue weighted by Gasteiger charge is -2.48. The van der Waals surface area contributed by atoms with Gasteiger partial charge in [0.1, 0.15) is 5.54 Å². The molecule has 1 atom stereocenters. The fourth-order valence-corrected chi connectivity index (χ4v) is 3.64. The lowest BCUT2D eigenvalue weighted by Crippen LogP contribution is -2.71. The van der Waals surface area contributed by atoms with Gasteiger partial charge >= 0.3 is 0 Å². The van der Waals surface area contributed by atoms with Gasteiger partial charge in [-0.1, -0.05) is 0 Å². The van der Waals surface area contributed by atoms with Gasteiger partial charge in [0.05, 0.1) is 19.3 Å². The lowest BCUT2D eigenvalue weighted by molar-refractivity contribution is -0.175. The molecule has 6 heteroatoms. The van der Waals surface area contributed by atoms with Gasteiger partial charge in [-0.2, -0.15) is 0 Å². The average molecular weight is 281 g/mol. The van der Waals surface area contributed by atoms with Crippen LogP contribution in [0.2, 0.25) is 0 Å². The maximum absolute atomic E-state index is 12.7. The van der Waals surface area contributed by atoms with Crippen LogP contribution in [0.25, 0.3) is 0 Å². The smallest absolute Gasteiger partial charge is 0.245 e. The minimum Gasteiger partial charge on any atom is -0.376 e. The predicted octanol–water partition coefficient (Wildman–Crippen LogP) is -0.412. The first-order valence-electron chi connectivity index (χ1n) is 7.54. The summed E-state index contributed by atoms with van der Waals surface area (Å²) in [6, 6.07) is -0.144. The minimum atomic E-state index is -0.620. The molecule has 3 saturated heterocycles. The number of carbonyl (C=O) groups is 2. The highest BCUT2D eigenvalue weighted by atomic mass is 16.5. The molecule has 0 aromatic heterocycles. The van der Waals surface area contributed by atoms with Gasteiger partial charge in [0.2, 0.25) is 11.8 Å². The van der Waals surface area contributed by atoms with Crippen LogP contribution in [0.3, 0.4) is 0 Å². The van der Waals surface area contributed by atoms with Gasteiger partial charge in [0.15, 0.2) is 0 Å². The van der Waals surface area contributed by atoms with Crippen molar-refractivity contribution in [2.24, 2.45) is 0 Å². The summed E-state index contributed by atoms with van der Waals surface area (Å²) in [6.07, 6.45) is 4.03. The molecule has 0 aromatic carbocycles. The van der Waals surface area contributed by atoms with E-state index in [1.54, 1.807) is 7.05 Å². The highest BCUT2D eigenvalue weighted by molar-refractivity contribution is 5.89. The van der Waals surface area contributed by atoms with Crippen molar-refractivity contribution in [2.45, 2.75) is 37.3 Å². The van der Waals surface area contributed by atoms with Crippen LogP contribution in [0.5, 0.6) is 0 Å². The SMILES string of the molecule is CNC(=O)C1(N2CCCC2C(=O)N2CCCC2)COC1. The standard InChI is InChI=1S/C14H23N3O3/c1-15-13(19)14(9-20-10-14)17-8-4-5-11(17)12(18)16-6-2-3-7-16/h11H,2-10H2,1H3,(H,15,19). The fourth-order valence-electron chi connectivity index (χ4n) is 3.64.